The third kappa shape index (κ3) is 4.08. The Bertz CT molecular complexity index is 199. The summed E-state index contributed by atoms with van der Waals surface area (Å²) in [5.74, 6) is 0.677. The van der Waals surface area contributed by atoms with Gasteiger partial charge in [-0.1, -0.05) is 0 Å². The van der Waals surface area contributed by atoms with Crippen LogP contribution in [0.5, 0.6) is 0 Å². The van der Waals surface area contributed by atoms with Crippen molar-refractivity contribution in [3.63, 3.8) is 0 Å². The van der Waals surface area contributed by atoms with Crippen LogP contribution >= 0.6 is 0 Å². The van der Waals surface area contributed by atoms with Crippen LogP contribution in [0.25, 0.3) is 0 Å². The van der Waals surface area contributed by atoms with Gasteiger partial charge in [-0.25, -0.2) is 4.79 Å². The van der Waals surface area contributed by atoms with Crippen molar-refractivity contribution in [2.75, 3.05) is 19.7 Å². The molecule has 1 aliphatic heterocycles. The first-order chi connectivity index (χ1) is 7.13. The highest BCUT2D eigenvalue weighted by Gasteiger charge is 2.23. The van der Waals surface area contributed by atoms with Crippen LogP contribution in [0.15, 0.2) is 0 Å². The van der Waals surface area contributed by atoms with Crippen LogP contribution in [0.2, 0.25) is 0 Å². The monoisotopic (exact) mass is 214 g/mol. The van der Waals surface area contributed by atoms with E-state index in [2.05, 4.69) is 0 Å². The normalized spacial score (nSPS) is 20.1. The van der Waals surface area contributed by atoms with Gasteiger partial charge in [0.25, 0.3) is 0 Å². The number of ether oxygens (including phenoxy) is 1. The van der Waals surface area contributed by atoms with Crippen LogP contribution in [-0.2, 0) is 4.74 Å². The van der Waals surface area contributed by atoms with E-state index in [4.69, 9.17) is 10.5 Å². The summed E-state index contributed by atoms with van der Waals surface area (Å²) in [7, 11) is 0. The molecule has 4 heteroatoms. The predicted octanol–water partition coefficient (Wildman–Crippen LogP) is 1.59. The maximum absolute atomic E-state index is 11.4. The number of rotatable bonds is 3. The van der Waals surface area contributed by atoms with Crippen molar-refractivity contribution in [3.8, 4) is 0 Å². The van der Waals surface area contributed by atoms with E-state index >= 15 is 0 Å². The SMILES string of the molecule is CCOC(=O)N1CCC(C[C@H](C)N)CC1. The quantitative estimate of drug-likeness (QED) is 0.776. The van der Waals surface area contributed by atoms with Gasteiger partial charge in [0.15, 0.2) is 0 Å². The topological polar surface area (TPSA) is 55.6 Å². The Morgan fingerprint density at radius 2 is 2.13 bits per heavy atom. The summed E-state index contributed by atoms with van der Waals surface area (Å²) in [5.41, 5.74) is 5.76. The lowest BCUT2D eigenvalue weighted by Crippen LogP contribution is -2.39. The molecule has 1 heterocycles. The third-order valence-electron chi connectivity index (χ3n) is 2.85. The van der Waals surface area contributed by atoms with E-state index in [0.29, 0.717) is 12.5 Å². The highest BCUT2D eigenvalue weighted by atomic mass is 16.6. The maximum Gasteiger partial charge on any atom is 0.409 e. The van der Waals surface area contributed by atoms with E-state index < -0.39 is 0 Å². The Morgan fingerprint density at radius 1 is 1.53 bits per heavy atom. The van der Waals surface area contributed by atoms with Crippen molar-refractivity contribution < 1.29 is 9.53 Å². The molecule has 0 radical (unpaired) electrons. The predicted molar refractivity (Wildman–Crippen MR) is 59.6 cm³/mol. The molecular weight excluding hydrogens is 192 g/mol. The summed E-state index contributed by atoms with van der Waals surface area (Å²) in [5, 5.41) is 0. The molecule has 0 saturated carbocycles. The van der Waals surface area contributed by atoms with Crippen LogP contribution in [-0.4, -0.2) is 36.7 Å². The molecule has 0 bridgehead atoms. The van der Waals surface area contributed by atoms with E-state index in [1.54, 1.807) is 4.90 Å². The van der Waals surface area contributed by atoms with Gasteiger partial charge in [0, 0.05) is 19.1 Å². The second-order valence-electron chi connectivity index (χ2n) is 4.34. The number of carbonyl (C=O) groups is 1. The summed E-state index contributed by atoms with van der Waals surface area (Å²) in [6.07, 6.45) is 3.01. The van der Waals surface area contributed by atoms with Gasteiger partial charge in [0.1, 0.15) is 0 Å². The zero-order valence-electron chi connectivity index (χ0n) is 9.74. The first-order valence-electron chi connectivity index (χ1n) is 5.80. The maximum atomic E-state index is 11.4. The van der Waals surface area contributed by atoms with Crippen molar-refractivity contribution >= 4 is 6.09 Å². The van der Waals surface area contributed by atoms with E-state index in [-0.39, 0.29) is 12.1 Å². The van der Waals surface area contributed by atoms with Gasteiger partial charge in [0.2, 0.25) is 0 Å². The Labute approximate surface area is 91.8 Å². The zero-order chi connectivity index (χ0) is 11.3. The largest absolute Gasteiger partial charge is 0.450 e. The number of amides is 1. The fourth-order valence-corrected chi connectivity index (χ4v) is 2.09. The Balaban J connectivity index is 2.26. The number of hydrogen-bond acceptors (Lipinski definition) is 3. The summed E-state index contributed by atoms with van der Waals surface area (Å²) in [4.78, 5) is 13.2. The second kappa shape index (κ2) is 5.95. The number of piperidine rings is 1. The molecule has 1 aliphatic rings. The molecule has 1 rings (SSSR count). The van der Waals surface area contributed by atoms with E-state index in [1.165, 1.54) is 0 Å². The lowest BCUT2D eigenvalue weighted by molar-refractivity contribution is 0.0904. The third-order valence-corrected chi connectivity index (χ3v) is 2.85. The molecule has 1 fully saturated rings. The van der Waals surface area contributed by atoms with Crippen LogP contribution in [0.4, 0.5) is 4.79 Å². The minimum atomic E-state index is -0.170. The van der Waals surface area contributed by atoms with Gasteiger partial charge in [-0.3, -0.25) is 0 Å². The molecule has 1 saturated heterocycles. The highest BCUT2D eigenvalue weighted by molar-refractivity contribution is 5.67. The molecule has 88 valence electrons. The van der Waals surface area contributed by atoms with Crippen molar-refractivity contribution in [2.24, 2.45) is 11.7 Å². The number of likely N-dealkylation sites (tertiary alicyclic amines) is 1. The summed E-state index contributed by atoms with van der Waals surface area (Å²) in [6, 6.07) is 0.268. The van der Waals surface area contributed by atoms with Crippen LogP contribution in [0, 0.1) is 5.92 Å². The Morgan fingerprint density at radius 3 is 2.60 bits per heavy atom. The van der Waals surface area contributed by atoms with Gasteiger partial charge < -0.3 is 15.4 Å². The first kappa shape index (κ1) is 12.3. The molecule has 15 heavy (non-hydrogen) atoms. The van der Waals surface area contributed by atoms with Gasteiger partial charge in [0.05, 0.1) is 6.61 Å². The Kier molecular flexibility index (Phi) is 4.88. The lowest BCUT2D eigenvalue weighted by Gasteiger charge is -2.31. The average molecular weight is 214 g/mol. The van der Waals surface area contributed by atoms with Crippen LogP contribution < -0.4 is 5.73 Å². The Hall–Kier alpha value is -0.770. The van der Waals surface area contributed by atoms with E-state index in [1.807, 2.05) is 13.8 Å². The van der Waals surface area contributed by atoms with E-state index in [0.717, 1.165) is 32.4 Å². The molecule has 0 aliphatic carbocycles. The summed E-state index contributed by atoms with van der Waals surface area (Å²) >= 11 is 0. The second-order valence-corrected chi connectivity index (χ2v) is 4.34. The minimum Gasteiger partial charge on any atom is -0.450 e. The van der Waals surface area contributed by atoms with Crippen LogP contribution in [0.3, 0.4) is 0 Å². The van der Waals surface area contributed by atoms with Gasteiger partial charge >= 0.3 is 6.09 Å². The number of nitrogens with two attached hydrogens (primary N) is 1. The van der Waals surface area contributed by atoms with Crippen molar-refractivity contribution in [3.05, 3.63) is 0 Å². The lowest BCUT2D eigenvalue weighted by atomic mass is 9.91. The van der Waals surface area contributed by atoms with Gasteiger partial charge in [-0.2, -0.15) is 0 Å². The molecule has 4 nitrogen and oxygen atoms in total. The molecular formula is C11H22N2O2. The van der Waals surface area contributed by atoms with Gasteiger partial charge in [-0.15, -0.1) is 0 Å². The highest BCUT2D eigenvalue weighted by Crippen LogP contribution is 2.21. The number of hydrogen-bond donors (Lipinski definition) is 1. The molecule has 0 unspecified atom stereocenters. The molecule has 0 aromatic heterocycles. The first-order valence-corrected chi connectivity index (χ1v) is 5.80. The van der Waals surface area contributed by atoms with Crippen LogP contribution in [0.1, 0.15) is 33.1 Å². The fraction of sp³-hybridized carbons (Fsp3) is 0.909. The van der Waals surface area contributed by atoms with Crippen molar-refractivity contribution in [2.45, 2.75) is 39.2 Å². The summed E-state index contributed by atoms with van der Waals surface area (Å²) in [6.45, 7) is 5.96. The average Bonchev–Trinajstić information content (AvgIpc) is 2.18. The fourth-order valence-electron chi connectivity index (χ4n) is 2.09. The standard InChI is InChI=1S/C11H22N2O2/c1-3-15-11(14)13-6-4-10(5-7-13)8-9(2)12/h9-10H,3-8,12H2,1-2H3/t9-/m0/s1. The molecule has 2 N–H and O–H groups in total. The number of nitrogens with zero attached hydrogens (tertiary/aromatic N) is 1. The van der Waals surface area contributed by atoms with Gasteiger partial charge in [-0.05, 0) is 39.0 Å². The molecule has 0 aromatic carbocycles. The zero-order valence-corrected chi connectivity index (χ0v) is 9.74. The summed E-state index contributed by atoms with van der Waals surface area (Å²) < 4.78 is 4.96. The molecule has 0 aromatic rings. The molecule has 1 amide bonds. The van der Waals surface area contributed by atoms with Crippen molar-refractivity contribution in [1.82, 2.24) is 4.90 Å². The molecule has 1 atom stereocenters. The minimum absolute atomic E-state index is 0.170. The smallest absolute Gasteiger partial charge is 0.409 e. The van der Waals surface area contributed by atoms with Crippen molar-refractivity contribution in [1.29, 1.82) is 0 Å². The van der Waals surface area contributed by atoms with E-state index in [9.17, 15) is 4.79 Å². The number of carbonyl (C=O) groups excluding carboxylic acids is 1. The molecule has 0 spiro atoms.